The van der Waals surface area contributed by atoms with Crippen LogP contribution in [0.25, 0.3) is 0 Å². The van der Waals surface area contributed by atoms with Crippen LogP contribution in [0, 0.1) is 0 Å². The highest BCUT2D eigenvalue weighted by Crippen LogP contribution is 2.12. The molecule has 1 aromatic rings. The molecule has 2 N–H and O–H groups in total. The minimum atomic E-state index is 0. The topological polar surface area (TPSA) is 67.4 Å². The monoisotopic (exact) mass is 534 g/mol. The molecule has 0 aliphatic carbocycles. The first-order chi connectivity index (χ1) is 14.2. The Morgan fingerprint density at radius 2 is 1.93 bits per heavy atom. The van der Waals surface area contributed by atoms with Crippen LogP contribution < -0.4 is 15.4 Å². The van der Waals surface area contributed by atoms with Crippen molar-refractivity contribution in [1.82, 2.24) is 15.5 Å². The molecule has 1 aliphatic rings. The highest BCUT2D eigenvalue weighted by molar-refractivity contribution is 14.0. The van der Waals surface area contributed by atoms with Gasteiger partial charge in [0, 0.05) is 39.9 Å². The van der Waals surface area contributed by atoms with Crippen LogP contribution in [-0.2, 0) is 16.0 Å². The lowest BCUT2D eigenvalue weighted by Gasteiger charge is -2.18. The summed E-state index contributed by atoms with van der Waals surface area (Å²) < 4.78 is 16.9. The largest absolute Gasteiger partial charge is 0.492 e. The predicted molar refractivity (Wildman–Crippen MR) is 133 cm³/mol. The van der Waals surface area contributed by atoms with E-state index in [2.05, 4.69) is 46.5 Å². The number of nitrogens with one attached hydrogen (secondary N) is 2. The van der Waals surface area contributed by atoms with Gasteiger partial charge in [-0.05, 0) is 43.6 Å². The molecule has 7 nitrogen and oxygen atoms in total. The van der Waals surface area contributed by atoms with Crippen LogP contribution in [-0.4, -0.2) is 76.6 Å². The van der Waals surface area contributed by atoms with Crippen LogP contribution in [0.5, 0.6) is 5.75 Å². The second-order valence-corrected chi connectivity index (χ2v) is 7.08. The molecule has 0 bridgehead atoms. The summed E-state index contributed by atoms with van der Waals surface area (Å²) in [5, 5.41) is 6.67. The third-order valence-electron chi connectivity index (χ3n) is 5.03. The van der Waals surface area contributed by atoms with Gasteiger partial charge in [-0.15, -0.1) is 24.0 Å². The van der Waals surface area contributed by atoms with Gasteiger partial charge in [0.25, 0.3) is 0 Å². The van der Waals surface area contributed by atoms with E-state index < -0.39 is 0 Å². The SMILES string of the molecule is CCN(CC)CCOc1ccc(CNC(=NC)NCCCOC2CCOC2)cc1.I. The Balaban J connectivity index is 0.00000450. The fourth-order valence-corrected chi connectivity index (χ4v) is 3.12. The molecule has 1 heterocycles. The Kier molecular flexibility index (Phi) is 14.9. The molecule has 1 aliphatic heterocycles. The van der Waals surface area contributed by atoms with E-state index in [1.807, 2.05) is 12.1 Å². The highest BCUT2D eigenvalue weighted by Gasteiger charge is 2.15. The molecule has 1 aromatic carbocycles. The smallest absolute Gasteiger partial charge is 0.191 e. The lowest BCUT2D eigenvalue weighted by atomic mass is 10.2. The second-order valence-electron chi connectivity index (χ2n) is 7.08. The normalized spacial score (nSPS) is 16.4. The average molecular weight is 534 g/mol. The maximum absolute atomic E-state index is 5.84. The predicted octanol–water partition coefficient (Wildman–Crippen LogP) is 2.89. The molecule has 1 unspecified atom stereocenters. The van der Waals surface area contributed by atoms with E-state index in [9.17, 15) is 0 Å². The molecule has 0 amide bonds. The second kappa shape index (κ2) is 16.6. The summed E-state index contributed by atoms with van der Waals surface area (Å²) in [7, 11) is 1.79. The molecule has 1 fully saturated rings. The van der Waals surface area contributed by atoms with E-state index in [0.29, 0.717) is 6.61 Å². The van der Waals surface area contributed by atoms with Crippen molar-refractivity contribution in [3.05, 3.63) is 29.8 Å². The molecule has 1 saturated heterocycles. The summed E-state index contributed by atoms with van der Waals surface area (Å²) in [4.78, 5) is 6.63. The van der Waals surface area contributed by atoms with Gasteiger partial charge in [0.15, 0.2) is 5.96 Å². The van der Waals surface area contributed by atoms with Gasteiger partial charge in [-0.3, -0.25) is 4.99 Å². The van der Waals surface area contributed by atoms with Crippen LogP contribution in [0.3, 0.4) is 0 Å². The molecule has 0 saturated carbocycles. The van der Waals surface area contributed by atoms with Gasteiger partial charge in [0.2, 0.25) is 0 Å². The van der Waals surface area contributed by atoms with Gasteiger partial charge in [-0.2, -0.15) is 0 Å². The minimum Gasteiger partial charge on any atom is -0.492 e. The van der Waals surface area contributed by atoms with E-state index in [4.69, 9.17) is 14.2 Å². The van der Waals surface area contributed by atoms with Crippen LogP contribution in [0.1, 0.15) is 32.3 Å². The van der Waals surface area contributed by atoms with Crippen molar-refractivity contribution in [2.24, 2.45) is 4.99 Å². The zero-order chi connectivity index (χ0) is 20.7. The first kappa shape index (κ1) is 26.9. The van der Waals surface area contributed by atoms with E-state index in [1.165, 1.54) is 5.56 Å². The van der Waals surface area contributed by atoms with Crippen LogP contribution in [0.4, 0.5) is 0 Å². The number of rotatable bonds is 13. The Bertz CT molecular complexity index is 576. The lowest BCUT2D eigenvalue weighted by molar-refractivity contribution is 0.0420. The number of guanidine groups is 1. The van der Waals surface area contributed by atoms with Crippen molar-refractivity contribution >= 4 is 29.9 Å². The lowest BCUT2D eigenvalue weighted by Crippen LogP contribution is -2.37. The molecule has 8 heteroatoms. The fourth-order valence-electron chi connectivity index (χ4n) is 3.12. The summed E-state index contributed by atoms with van der Waals surface area (Å²) in [5.41, 5.74) is 1.19. The van der Waals surface area contributed by atoms with Gasteiger partial charge in [0.1, 0.15) is 12.4 Å². The van der Waals surface area contributed by atoms with Gasteiger partial charge < -0.3 is 29.7 Å². The molecule has 2 rings (SSSR count). The zero-order valence-corrected chi connectivity index (χ0v) is 21.0. The fraction of sp³-hybridized carbons (Fsp3) is 0.682. The van der Waals surface area contributed by atoms with Gasteiger partial charge >= 0.3 is 0 Å². The molecule has 1 atom stereocenters. The summed E-state index contributed by atoms with van der Waals surface area (Å²) in [6.45, 7) is 12.0. The van der Waals surface area contributed by atoms with E-state index >= 15 is 0 Å². The number of halogens is 1. The third-order valence-corrected chi connectivity index (χ3v) is 5.03. The van der Waals surface area contributed by atoms with Crippen molar-refractivity contribution in [1.29, 1.82) is 0 Å². The number of benzene rings is 1. The molecule has 172 valence electrons. The maximum atomic E-state index is 5.84. The average Bonchev–Trinajstić information content (AvgIpc) is 3.27. The number of nitrogens with zero attached hydrogens (tertiary/aromatic N) is 2. The first-order valence-corrected chi connectivity index (χ1v) is 10.8. The molecule has 30 heavy (non-hydrogen) atoms. The number of hydrogen-bond acceptors (Lipinski definition) is 5. The third kappa shape index (κ3) is 10.8. The van der Waals surface area contributed by atoms with E-state index in [1.54, 1.807) is 7.05 Å². The van der Waals surface area contributed by atoms with E-state index in [-0.39, 0.29) is 30.1 Å². The van der Waals surface area contributed by atoms with Crippen molar-refractivity contribution in [3.8, 4) is 5.75 Å². The molecule has 0 radical (unpaired) electrons. The number of hydrogen-bond donors (Lipinski definition) is 2. The molecular formula is C22H39IN4O3. The van der Waals surface area contributed by atoms with Gasteiger partial charge in [-0.1, -0.05) is 26.0 Å². The van der Waals surface area contributed by atoms with Crippen molar-refractivity contribution in [3.63, 3.8) is 0 Å². The highest BCUT2D eigenvalue weighted by atomic mass is 127. The van der Waals surface area contributed by atoms with E-state index in [0.717, 1.165) is 77.1 Å². The Hall–Kier alpha value is -1.10. The quantitative estimate of drug-likeness (QED) is 0.176. The standard InChI is InChI=1S/C22H38N4O3.HI/c1-4-26(5-2)13-16-29-20-9-7-19(8-10-20)17-25-22(23-3)24-12-6-14-28-21-11-15-27-18-21;/h7-10,21H,4-6,11-18H2,1-3H3,(H2,23,24,25);1H. The number of aliphatic imine (C=N–C) groups is 1. The van der Waals surface area contributed by atoms with Crippen LogP contribution >= 0.6 is 24.0 Å². The Labute approximate surface area is 199 Å². The first-order valence-electron chi connectivity index (χ1n) is 10.8. The number of likely N-dealkylation sites (N-methyl/N-ethyl adjacent to an activating group) is 1. The molecular weight excluding hydrogens is 495 g/mol. The summed E-state index contributed by atoms with van der Waals surface area (Å²) in [5.74, 6) is 1.71. The number of ether oxygens (including phenoxy) is 3. The Morgan fingerprint density at radius 3 is 2.57 bits per heavy atom. The van der Waals surface area contributed by atoms with Crippen molar-refractivity contribution < 1.29 is 14.2 Å². The van der Waals surface area contributed by atoms with Gasteiger partial charge in [0.05, 0.1) is 12.7 Å². The van der Waals surface area contributed by atoms with Crippen molar-refractivity contribution in [2.75, 3.05) is 59.7 Å². The maximum Gasteiger partial charge on any atom is 0.191 e. The summed E-state index contributed by atoms with van der Waals surface area (Å²) >= 11 is 0. The Morgan fingerprint density at radius 1 is 1.17 bits per heavy atom. The summed E-state index contributed by atoms with van der Waals surface area (Å²) in [6.07, 6.45) is 2.23. The molecule has 0 aromatic heterocycles. The zero-order valence-electron chi connectivity index (χ0n) is 18.7. The van der Waals surface area contributed by atoms with Gasteiger partial charge in [-0.25, -0.2) is 0 Å². The molecule has 0 spiro atoms. The van der Waals surface area contributed by atoms with Crippen LogP contribution in [0.2, 0.25) is 0 Å². The minimum absolute atomic E-state index is 0. The van der Waals surface area contributed by atoms with Crippen LogP contribution in [0.15, 0.2) is 29.3 Å². The van der Waals surface area contributed by atoms with Crippen molar-refractivity contribution in [2.45, 2.75) is 39.3 Å². The summed E-state index contributed by atoms with van der Waals surface area (Å²) in [6, 6.07) is 8.23.